The van der Waals surface area contributed by atoms with Crippen LogP contribution in [0, 0.1) is 0 Å². The van der Waals surface area contributed by atoms with Gasteiger partial charge in [0, 0.05) is 29.1 Å². The minimum absolute atomic E-state index is 0.240. The Hall–Kier alpha value is -1.93. The fourth-order valence-electron chi connectivity index (χ4n) is 2.37. The lowest BCUT2D eigenvalue weighted by atomic mass is 10.2. The van der Waals surface area contributed by atoms with Gasteiger partial charge in [-0.2, -0.15) is 0 Å². The maximum atomic E-state index is 11.2. The summed E-state index contributed by atoms with van der Waals surface area (Å²) >= 11 is 3.41. The number of hydrogen-bond acceptors (Lipinski definition) is 5. The average Bonchev–Trinajstić information content (AvgIpc) is 2.53. The topological polar surface area (TPSA) is 87.6 Å². The molecule has 1 aliphatic rings. The Morgan fingerprint density at radius 3 is 3.23 bits per heavy atom. The smallest absolute Gasteiger partial charge is 0.407 e. The molecule has 0 spiro atoms. The minimum Gasteiger partial charge on any atom is -0.465 e. The lowest BCUT2D eigenvalue weighted by Gasteiger charge is -2.33. The van der Waals surface area contributed by atoms with Crippen LogP contribution in [0.4, 0.5) is 10.7 Å². The van der Waals surface area contributed by atoms with E-state index in [0.717, 1.165) is 15.4 Å². The molecule has 0 bridgehead atoms. The molecule has 2 aromatic rings. The van der Waals surface area contributed by atoms with E-state index in [1.54, 1.807) is 6.20 Å². The quantitative estimate of drug-likeness (QED) is 0.865. The third kappa shape index (κ3) is 3.28. The summed E-state index contributed by atoms with van der Waals surface area (Å²) in [6.45, 7) is 1.60. The number of hydrogen-bond donors (Lipinski definition) is 2. The van der Waals surface area contributed by atoms with Crippen molar-refractivity contribution in [1.82, 2.24) is 14.9 Å². The van der Waals surface area contributed by atoms with Crippen molar-refractivity contribution >= 4 is 38.9 Å². The number of morpholine rings is 1. The van der Waals surface area contributed by atoms with Crippen LogP contribution in [-0.4, -0.2) is 58.4 Å². The maximum absolute atomic E-state index is 11.2. The van der Waals surface area contributed by atoms with Crippen LogP contribution in [0.3, 0.4) is 0 Å². The molecule has 0 radical (unpaired) electrons. The molecule has 0 unspecified atom stereocenters. The Morgan fingerprint density at radius 2 is 2.41 bits per heavy atom. The van der Waals surface area contributed by atoms with Crippen LogP contribution in [-0.2, 0) is 4.74 Å². The monoisotopic (exact) mass is 366 g/mol. The third-order valence-corrected chi connectivity index (χ3v) is 4.00. The molecular weight excluding hydrogens is 352 g/mol. The van der Waals surface area contributed by atoms with Gasteiger partial charge in [-0.15, -0.1) is 0 Å². The summed E-state index contributed by atoms with van der Waals surface area (Å²) in [5, 5.41) is 13.2. The van der Waals surface area contributed by atoms with Crippen LogP contribution in [0.5, 0.6) is 0 Å². The minimum atomic E-state index is -0.931. The van der Waals surface area contributed by atoms with Gasteiger partial charge in [-0.05, 0) is 18.2 Å². The van der Waals surface area contributed by atoms with E-state index in [1.807, 2.05) is 18.2 Å². The fraction of sp³-hybridized carbons (Fsp3) is 0.357. The van der Waals surface area contributed by atoms with Gasteiger partial charge in [0.2, 0.25) is 5.95 Å². The normalized spacial score (nSPS) is 18.4. The number of ether oxygens (including phenoxy) is 1. The highest BCUT2D eigenvalue weighted by Gasteiger charge is 2.26. The first-order valence-corrected chi connectivity index (χ1v) is 7.66. The molecule has 0 aliphatic carbocycles. The number of fused-ring (bicyclic) bond motifs is 1. The number of carboxylic acid groups (broad SMARTS) is 1. The molecule has 1 aromatic carbocycles. The molecular formula is C14H15BrN4O3. The Bertz CT molecular complexity index is 697. The van der Waals surface area contributed by atoms with E-state index >= 15 is 0 Å². The Morgan fingerprint density at radius 1 is 1.55 bits per heavy atom. The summed E-state index contributed by atoms with van der Waals surface area (Å²) in [7, 11) is 0. The molecule has 22 heavy (non-hydrogen) atoms. The van der Waals surface area contributed by atoms with Crippen LogP contribution in [0.2, 0.25) is 0 Å². The SMILES string of the molecule is O=C(O)N1CCOC[C@H]1CNc1ncc2cc(Br)ccc2n1. The first kappa shape index (κ1) is 15.0. The van der Waals surface area contributed by atoms with Crippen molar-refractivity contribution in [1.29, 1.82) is 0 Å². The van der Waals surface area contributed by atoms with Crippen molar-refractivity contribution in [2.45, 2.75) is 6.04 Å². The first-order valence-electron chi connectivity index (χ1n) is 6.87. The maximum Gasteiger partial charge on any atom is 0.407 e. The van der Waals surface area contributed by atoms with Gasteiger partial charge in [0.15, 0.2) is 0 Å². The number of anilines is 1. The van der Waals surface area contributed by atoms with E-state index < -0.39 is 6.09 Å². The van der Waals surface area contributed by atoms with Crippen LogP contribution >= 0.6 is 15.9 Å². The molecule has 7 nitrogen and oxygen atoms in total. The van der Waals surface area contributed by atoms with Gasteiger partial charge in [-0.25, -0.2) is 14.8 Å². The molecule has 116 valence electrons. The van der Waals surface area contributed by atoms with Gasteiger partial charge in [0.25, 0.3) is 0 Å². The number of rotatable bonds is 3. The molecule has 1 fully saturated rings. The average molecular weight is 367 g/mol. The van der Waals surface area contributed by atoms with Crippen LogP contribution < -0.4 is 5.32 Å². The number of benzene rings is 1. The second-order valence-corrected chi connectivity index (χ2v) is 5.90. The molecule has 1 saturated heterocycles. The first-order chi connectivity index (χ1) is 10.6. The van der Waals surface area contributed by atoms with Crippen LogP contribution in [0.1, 0.15) is 0 Å². The molecule has 2 N–H and O–H groups in total. The van der Waals surface area contributed by atoms with E-state index in [9.17, 15) is 9.90 Å². The molecule has 3 rings (SSSR count). The molecule has 1 amide bonds. The van der Waals surface area contributed by atoms with Gasteiger partial charge in [-0.1, -0.05) is 15.9 Å². The summed E-state index contributed by atoms with van der Waals surface area (Å²) in [5.74, 6) is 0.478. The molecule has 0 saturated carbocycles. The van der Waals surface area contributed by atoms with Gasteiger partial charge < -0.3 is 15.2 Å². The highest BCUT2D eigenvalue weighted by Crippen LogP contribution is 2.18. The summed E-state index contributed by atoms with van der Waals surface area (Å²) in [4.78, 5) is 21.2. The highest BCUT2D eigenvalue weighted by molar-refractivity contribution is 9.10. The summed E-state index contributed by atoms with van der Waals surface area (Å²) in [6, 6.07) is 5.52. The highest BCUT2D eigenvalue weighted by atomic mass is 79.9. The predicted molar refractivity (Wildman–Crippen MR) is 85.1 cm³/mol. The summed E-state index contributed by atoms with van der Waals surface area (Å²) in [5.41, 5.74) is 0.829. The molecule has 1 aliphatic heterocycles. The van der Waals surface area contributed by atoms with Crippen molar-refractivity contribution in [3.05, 3.63) is 28.9 Å². The fourth-order valence-corrected chi connectivity index (χ4v) is 2.75. The van der Waals surface area contributed by atoms with E-state index in [4.69, 9.17) is 4.74 Å². The Labute approximate surface area is 135 Å². The summed E-state index contributed by atoms with van der Waals surface area (Å²) < 4.78 is 6.32. The van der Waals surface area contributed by atoms with Crippen LogP contribution in [0.25, 0.3) is 10.9 Å². The predicted octanol–water partition coefficient (Wildman–Crippen LogP) is 2.18. The second kappa shape index (κ2) is 6.45. The van der Waals surface area contributed by atoms with E-state index in [1.165, 1.54) is 4.90 Å². The number of halogens is 1. The van der Waals surface area contributed by atoms with E-state index in [-0.39, 0.29) is 6.04 Å². The lowest BCUT2D eigenvalue weighted by molar-refractivity contribution is 0.00441. The summed E-state index contributed by atoms with van der Waals surface area (Å²) in [6.07, 6.45) is 0.807. The standard InChI is InChI=1S/C14H15BrN4O3/c15-10-1-2-12-9(5-10)6-16-13(18-12)17-7-11-8-22-4-3-19(11)14(20)21/h1-2,5-6,11H,3-4,7-8H2,(H,20,21)(H,16,17,18)/t11-/m1/s1. The zero-order valence-corrected chi connectivity index (χ0v) is 13.3. The largest absolute Gasteiger partial charge is 0.465 e. The van der Waals surface area contributed by atoms with Gasteiger partial charge in [-0.3, -0.25) is 4.90 Å². The Kier molecular flexibility index (Phi) is 4.39. The molecule has 1 atom stereocenters. The van der Waals surface area contributed by atoms with Crippen molar-refractivity contribution in [3.8, 4) is 0 Å². The van der Waals surface area contributed by atoms with Crippen LogP contribution in [0.15, 0.2) is 28.9 Å². The van der Waals surface area contributed by atoms with Crippen molar-refractivity contribution < 1.29 is 14.6 Å². The van der Waals surface area contributed by atoms with Gasteiger partial charge >= 0.3 is 6.09 Å². The number of amides is 1. The number of nitrogens with one attached hydrogen (secondary N) is 1. The van der Waals surface area contributed by atoms with Crippen molar-refractivity contribution in [3.63, 3.8) is 0 Å². The Balaban J connectivity index is 1.70. The second-order valence-electron chi connectivity index (χ2n) is 4.98. The van der Waals surface area contributed by atoms with Crippen molar-refractivity contribution in [2.75, 3.05) is 31.6 Å². The molecule has 2 heterocycles. The van der Waals surface area contributed by atoms with Gasteiger partial charge in [0.05, 0.1) is 24.8 Å². The zero-order chi connectivity index (χ0) is 15.5. The van der Waals surface area contributed by atoms with E-state index in [2.05, 4.69) is 31.2 Å². The molecule has 8 heteroatoms. The van der Waals surface area contributed by atoms with E-state index in [0.29, 0.717) is 32.3 Å². The van der Waals surface area contributed by atoms with Gasteiger partial charge in [0.1, 0.15) is 0 Å². The number of aromatic nitrogens is 2. The molecule has 1 aromatic heterocycles. The van der Waals surface area contributed by atoms with Crippen molar-refractivity contribution in [2.24, 2.45) is 0 Å². The number of carbonyl (C=O) groups is 1. The third-order valence-electron chi connectivity index (χ3n) is 3.51. The number of nitrogens with zero attached hydrogens (tertiary/aromatic N) is 3. The lowest BCUT2D eigenvalue weighted by Crippen LogP contribution is -2.51. The zero-order valence-electron chi connectivity index (χ0n) is 11.7.